The summed E-state index contributed by atoms with van der Waals surface area (Å²) in [5.74, 6) is -0.841. The van der Waals surface area contributed by atoms with Crippen LogP contribution in [-0.4, -0.2) is 65.5 Å². The molecule has 0 aromatic rings. The van der Waals surface area contributed by atoms with Crippen LogP contribution in [-0.2, 0) is 9.59 Å². The minimum absolute atomic E-state index is 0.0613. The molecule has 2 heterocycles. The van der Waals surface area contributed by atoms with E-state index in [0.717, 1.165) is 0 Å². The lowest BCUT2D eigenvalue weighted by atomic mass is 9.76. The van der Waals surface area contributed by atoms with E-state index in [1.54, 1.807) is 16.8 Å². The molecule has 0 saturated carbocycles. The van der Waals surface area contributed by atoms with Gasteiger partial charge in [-0.05, 0) is 25.7 Å². The molecule has 2 aliphatic heterocycles. The summed E-state index contributed by atoms with van der Waals surface area (Å²) in [5, 5.41) is 12.1. The van der Waals surface area contributed by atoms with Crippen molar-refractivity contribution >= 4 is 17.9 Å². The van der Waals surface area contributed by atoms with Crippen molar-refractivity contribution in [3.05, 3.63) is 0 Å². The maximum Gasteiger partial charge on any atom is 0.318 e. The molecular weight excluding hydrogens is 274 g/mol. The number of carboxylic acid groups (broad SMARTS) is 1. The lowest BCUT2D eigenvalue weighted by Crippen LogP contribution is -2.52. The summed E-state index contributed by atoms with van der Waals surface area (Å²) in [6.45, 7) is 3.37. The first-order valence-corrected chi connectivity index (χ1v) is 7.43. The van der Waals surface area contributed by atoms with Gasteiger partial charge in [0.05, 0.1) is 5.41 Å². The van der Waals surface area contributed by atoms with Gasteiger partial charge in [0.25, 0.3) is 0 Å². The Morgan fingerprint density at radius 2 is 1.95 bits per heavy atom. The van der Waals surface area contributed by atoms with E-state index in [-0.39, 0.29) is 11.9 Å². The molecule has 2 fully saturated rings. The van der Waals surface area contributed by atoms with Gasteiger partial charge >= 0.3 is 12.0 Å². The van der Waals surface area contributed by atoms with Crippen molar-refractivity contribution in [2.24, 2.45) is 5.41 Å². The quantitative estimate of drug-likeness (QED) is 0.794. The van der Waals surface area contributed by atoms with Crippen LogP contribution < -0.4 is 5.32 Å². The molecule has 7 heteroatoms. The number of likely N-dealkylation sites (tertiary alicyclic amines) is 2. The van der Waals surface area contributed by atoms with Gasteiger partial charge in [-0.3, -0.25) is 9.59 Å². The van der Waals surface area contributed by atoms with E-state index in [1.807, 2.05) is 6.92 Å². The molecule has 0 aliphatic carbocycles. The van der Waals surface area contributed by atoms with Gasteiger partial charge in [0.2, 0.25) is 5.91 Å². The highest BCUT2D eigenvalue weighted by Crippen LogP contribution is 2.35. The summed E-state index contributed by atoms with van der Waals surface area (Å²) in [6.07, 6.45) is 2.13. The SMILES string of the molecule is CCC1(C(=O)O)CCN(C(=O)NC2CCN(C)C2=O)CC1. The van der Waals surface area contributed by atoms with Gasteiger partial charge in [0, 0.05) is 26.7 Å². The molecule has 0 aromatic heterocycles. The zero-order valence-electron chi connectivity index (χ0n) is 12.6. The number of nitrogens with zero attached hydrogens (tertiary/aromatic N) is 2. The normalized spacial score (nSPS) is 25.0. The fraction of sp³-hybridized carbons (Fsp3) is 0.786. The van der Waals surface area contributed by atoms with Crippen molar-refractivity contribution in [1.82, 2.24) is 15.1 Å². The topological polar surface area (TPSA) is 89.9 Å². The summed E-state index contributed by atoms with van der Waals surface area (Å²) in [6, 6.07) is -0.710. The zero-order chi connectivity index (χ0) is 15.6. The number of hydrogen-bond acceptors (Lipinski definition) is 3. The molecule has 0 spiro atoms. The molecule has 0 bridgehead atoms. The number of carbonyl (C=O) groups is 3. The van der Waals surface area contributed by atoms with E-state index in [4.69, 9.17) is 0 Å². The van der Waals surface area contributed by atoms with Gasteiger partial charge in [-0.25, -0.2) is 4.79 Å². The van der Waals surface area contributed by atoms with Crippen LogP contribution in [0.5, 0.6) is 0 Å². The molecule has 0 aromatic carbocycles. The number of hydrogen-bond donors (Lipinski definition) is 2. The molecule has 118 valence electrons. The third-order valence-electron chi connectivity index (χ3n) is 4.86. The molecular formula is C14H23N3O4. The lowest BCUT2D eigenvalue weighted by molar-refractivity contribution is -0.151. The number of aliphatic carboxylic acids is 1. The first kappa shape index (κ1) is 15.6. The fourth-order valence-corrected chi connectivity index (χ4v) is 3.05. The third kappa shape index (κ3) is 2.96. The molecule has 2 rings (SSSR count). The monoisotopic (exact) mass is 297 g/mol. The maximum atomic E-state index is 12.2. The number of urea groups is 1. The molecule has 0 radical (unpaired) electrons. The van der Waals surface area contributed by atoms with Crippen LogP contribution >= 0.6 is 0 Å². The van der Waals surface area contributed by atoms with E-state index in [9.17, 15) is 19.5 Å². The Hall–Kier alpha value is -1.79. The zero-order valence-corrected chi connectivity index (χ0v) is 12.6. The van der Waals surface area contributed by atoms with E-state index in [2.05, 4.69) is 5.32 Å². The van der Waals surface area contributed by atoms with E-state index in [0.29, 0.717) is 45.3 Å². The lowest BCUT2D eigenvalue weighted by Gasteiger charge is -2.38. The summed E-state index contributed by atoms with van der Waals surface area (Å²) >= 11 is 0. The smallest absolute Gasteiger partial charge is 0.318 e. The van der Waals surface area contributed by atoms with E-state index >= 15 is 0 Å². The van der Waals surface area contributed by atoms with Crippen LogP contribution in [0.25, 0.3) is 0 Å². The Balaban J connectivity index is 1.89. The number of carbonyl (C=O) groups excluding carboxylic acids is 2. The third-order valence-corrected chi connectivity index (χ3v) is 4.86. The van der Waals surface area contributed by atoms with Gasteiger partial charge < -0.3 is 20.2 Å². The van der Waals surface area contributed by atoms with Crippen LogP contribution in [0, 0.1) is 5.41 Å². The minimum atomic E-state index is -0.780. The Morgan fingerprint density at radius 1 is 1.33 bits per heavy atom. The predicted molar refractivity (Wildman–Crippen MR) is 75.7 cm³/mol. The highest BCUT2D eigenvalue weighted by Gasteiger charge is 2.41. The van der Waals surface area contributed by atoms with Crippen molar-refractivity contribution < 1.29 is 19.5 Å². The van der Waals surface area contributed by atoms with Gasteiger partial charge in [0.15, 0.2) is 0 Å². The average molecular weight is 297 g/mol. The second-order valence-electron chi connectivity index (χ2n) is 5.98. The minimum Gasteiger partial charge on any atom is -0.481 e. The Kier molecular flexibility index (Phi) is 4.39. The molecule has 2 N–H and O–H groups in total. The largest absolute Gasteiger partial charge is 0.481 e. The number of carboxylic acids is 1. The number of amides is 3. The van der Waals surface area contributed by atoms with Gasteiger partial charge in [-0.15, -0.1) is 0 Å². The second kappa shape index (κ2) is 5.91. The van der Waals surface area contributed by atoms with Gasteiger partial charge in [-0.1, -0.05) is 6.92 Å². The summed E-state index contributed by atoms with van der Waals surface area (Å²) in [7, 11) is 1.72. The van der Waals surface area contributed by atoms with E-state index in [1.165, 1.54) is 0 Å². The Bertz CT molecular complexity index is 444. The molecule has 2 aliphatic rings. The number of likely N-dealkylation sites (N-methyl/N-ethyl adjacent to an activating group) is 1. The molecule has 3 amide bonds. The van der Waals surface area contributed by atoms with Crippen LogP contribution in [0.3, 0.4) is 0 Å². The molecule has 1 unspecified atom stereocenters. The molecule has 1 atom stereocenters. The average Bonchev–Trinajstić information content (AvgIpc) is 2.79. The number of piperidine rings is 1. The van der Waals surface area contributed by atoms with Crippen LogP contribution in [0.2, 0.25) is 0 Å². The first-order valence-electron chi connectivity index (χ1n) is 7.43. The molecule has 2 saturated heterocycles. The van der Waals surface area contributed by atoms with Crippen molar-refractivity contribution in [3.8, 4) is 0 Å². The van der Waals surface area contributed by atoms with Gasteiger partial charge in [-0.2, -0.15) is 0 Å². The van der Waals surface area contributed by atoms with Crippen molar-refractivity contribution in [2.75, 3.05) is 26.7 Å². The van der Waals surface area contributed by atoms with Crippen LogP contribution in [0.15, 0.2) is 0 Å². The number of nitrogens with one attached hydrogen (secondary N) is 1. The standard InChI is InChI=1S/C14H23N3O4/c1-3-14(12(19)20)5-8-17(9-6-14)13(21)15-10-4-7-16(2)11(10)18/h10H,3-9H2,1-2H3,(H,15,21)(H,19,20). The maximum absolute atomic E-state index is 12.2. The number of rotatable bonds is 3. The first-order chi connectivity index (χ1) is 9.89. The van der Waals surface area contributed by atoms with Crippen LogP contribution in [0.1, 0.15) is 32.6 Å². The van der Waals surface area contributed by atoms with Crippen LogP contribution in [0.4, 0.5) is 4.79 Å². The fourth-order valence-electron chi connectivity index (χ4n) is 3.05. The molecule has 7 nitrogen and oxygen atoms in total. The molecule has 21 heavy (non-hydrogen) atoms. The van der Waals surface area contributed by atoms with Crippen molar-refractivity contribution in [2.45, 2.75) is 38.6 Å². The highest BCUT2D eigenvalue weighted by atomic mass is 16.4. The van der Waals surface area contributed by atoms with Gasteiger partial charge in [0.1, 0.15) is 6.04 Å². The van der Waals surface area contributed by atoms with E-state index < -0.39 is 17.4 Å². The van der Waals surface area contributed by atoms with Crippen molar-refractivity contribution in [3.63, 3.8) is 0 Å². The van der Waals surface area contributed by atoms with Crippen molar-refractivity contribution in [1.29, 1.82) is 0 Å². The summed E-state index contributed by atoms with van der Waals surface area (Å²) in [5.41, 5.74) is -0.708. The Morgan fingerprint density at radius 3 is 2.38 bits per heavy atom. The second-order valence-corrected chi connectivity index (χ2v) is 5.98. The Labute approximate surface area is 124 Å². The highest BCUT2D eigenvalue weighted by molar-refractivity contribution is 5.88. The predicted octanol–water partition coefficient (Wildman–Crippen LogP) is 0.504. The summed E-state index contributed by atoms with van der Waals surface area (Å²) < 4.78 is 0. The summed E-state index contributed by atoms with van der Waals surface area (Å²) in [4.78, 5) is 38.5.